The van der Waals surface area contributed by atoms with Crippen molar-refractivity contribution in [2.75, 3.05) is 5.32 Å². The monoisotopic (exact) mass is 345 g/mol. The van der Waals surface area contributed by atoms with Crippen LogP contribution in [-0.4, -0.2) is 25.7 Å². The van der Waals surface area contributed by atoms with E-state index in [9.17, 15) is 4.79 Å². The first-order chi connectivity index (χ1) is 11.2. The van der Waals surface area contributed by atoms with Crippen molar-refractivity contribution in [3.63, 3.8) is 0 Å². The zero-order valence-corrected chi connectivity index (χ0v) is 14.2. The molecule has 0 saturated heterocycles. The average Bonchev–Trinajstić information content (AvgIpc) is 3.17. The second-order valence-electron chi connectivity index (χ2n) is 5.53. The van der Waals surface area contributed by atoms with Gasteiger partial charge in [-0.05, 0) is 31.9 Å². The van der Waals surface area contributed by atoms with Crippen LogP contribution in [0.2, 0.25) is 0 Å². The van der Waals surface area contributed by atoms with Crippen molar-refractivity contribution in [3.8, 4) is 5.13 Å². The van der Waals surface area contributed by atoms with Gasteiger partial charge in [-0.1, -0.05) is 29.1 Å². The van der Waals surface area contributed by atoms with Crippen LogP contribution in [0.3, 0.4) is 0 Å². The maximum atomic E-state index is 12.5. The van der Waals surface area contributed by atoms with Crippen LogP contribution in [0.15, 0.2) is 24.5 Å². The summed E-state index contributed by atoms with van der Waals surface area (Å²) in [7, 11) is 0. The Morgan fingerprint density at radius 2 is 2.04 bits per heavy atom. The van der Waals surface area contributed by atoms with Crippen LogP contribution < -0.4 is 5.32 Å². The summed E-state index contributed by atoms with van der Waals surface area (Å²) in [5.41, 5.74) is 0.722. The van der Waals surface area contributed by atoms with Gasteiger partial charge in [0.05, 0.1) is 5.69 Å². The molecule has 3 aromatic rings. The second-order valence-corrected chi connectivity index (χ2v) is 7.52. The van der Waals surface area contributed by atoms with Crippen molar-refractivity contribution in [2.45, 2.75) is 32.1 Å². The van der Waals surface area contributed by atoms with E-state index < -0.39 is 0 Å². The van der Waals surface area contributed by atoms with Crippen LogP contribution in [0.25, 0.3) is 5.13 Å². The minimum absolute atomic E-state index is 0.172. The maximum Gasteiger partial charge on any atom is 0.269 e. The van der Waals surface area contributed by atoms with Gasteiger partial charge in [-0.3, -0.25) is 10.1 Å². The second kappa shape index (κ2) is 5.86. The standard InChI is InChI=1S/C15H15N5OS2/c1-9-11(22-15(16-9)20-7-2-3-8-20)12(21)17-14-19-18-13(23-14)10-5-4-6-10/h2-3,7-8,10H,4-6H2,1H3,(H,17,19,21). The molecule has 1 saturated carbocycles. The van der Waals surface area contributed by atoms with Gasteiger partial charge >= 0.3 is 0 Å². The van der Waals surface area contributed by atoms with Crippen molar-refractivity contribution in [1.82, 2.24) is 19.7 Å². The fraction of sp³-hybridized carbons (Fsp3) is 0.333. The van der Waals surface area contributed by atoms with Gasteiger partial charge in [0, 0.05) is 18.3 Å². The number of nitrogens with zero attached hydrogens (tertiary/aromatic N) is 4. The number of anilines is 1. The molecule has 0 aliphatic heterocycles. The van der Waals surface area contributed by atoms with Crippen LogP contribution in [0.1, 0.15) is 45.6 Å². The van der Waals surface area contributed by atoms with Gasteiger partial charge in [-0.25, -0.2) is 4.98 Å². The highest BCUT2D eigenvalue weighted by Crippen LogP contribution is 2.38. The minimum atomic E-state index is -0.172. The van der Waals surface area contributed by atoms with E-state index in [-0.39, 0.29) is 5.91 Å². The number of carbonyl (C=O) groups excluding carboxylic acids is 1. The predicted octanol–water partition coefficient (Wildman–Crippen LogP) is 3.61. The minimum Gasteiger partial charge on any atom is -0.300 e. The highest BCUT2D eigenvalue weighted by Gasteiger charge is 2.24. The molecule has 8 heteroatoms. The molecular weight excluding hydrogens is 330 g/mol. The quantitative estimate of drug-likeness (QED) is 0.784. The summed E-state index contributed by atoms with van der Waals surface area (Å²) in [6.07, 6.45) is 7.44. The lowest BCUT2D eigenvalue weighted by atomic mass is 9.86. The number of nitrogens with one attached hydrogen (secondary N) is 1. The fourth-order valence-corrected chi connectivity index (χ4v) is 4.26. The largest absolute Gasteiger partial charge is 0.300 e. The third kappa shape index (κ3) is 2.79. The summed E-state index contributed by atoms with van der Waals surface area (Å²) in [6.45, 7) is 1.85. The zero-order valence-electron chi connectivity index (χ0n) is 12.5. The number of aromatic nitrogens is 4. The van der Waals surface area contributed by atoms with Gasteiger partial charge in [-0.15, -0.1) is 10.2 Å². The number of carbonyl (C=O) groups is 1. The summed E-state index contributed by atoms with van der Waals surface area (Å²) in [5, 5.41) is 13.5. The number of aryl methyl sites for hydroxylation is 1. The van der Waals surface area contributed by atoms with Crippen LogP contribution in [0, 0.1) is 6.92 Å². The van der Waals surface area contributed by atoms with Crippen molar-refractivity contribution in [1.29, 1.82) is 0 Å². The summed E-state index contributed by atoms with van der Waals surface area (Å²) in [6, 6.07) is 3.86. The maximum absolute atomic E-state index is 12.5. The normalized spacial score (nSPS) is 14.7. The van der Waals surface area contributed by atoms with Crippen LogP contribution in [-0.2, 0) is 0 Å². The Morgan fingerprint density at radius 3 is 2.74 bits per heavy atom. The molecule has 0 bridgehead atoms. The molecule has 0 spiro atoms. The van der Waals surface area contributed by atoms with E-state index >= 15 is 0 Å². The van der Waals surface area contributed by atoms with E-state index in [0.717, 1.165) is 15.8 Å². The highest BCUT2D eigenvalue weighted by atomic mass is 32.1. The van der Waals surface area contributed by atoms with Crippen molar-refractivity contribution >= 4 is 33.7 Å². The number of thiazole rings is 1. The molecule has 4 rings (SSSR count). The lowest BCUT2D eigenvalue weighted by Gasteiger charge is -2.21. The molecule has 1 aliphatic rings. The SMILES string of the molecule is Cc1nc(-n2cccc2)sc1C(=O)Nc1nnc(C2CCC2)s1. The number of hydrogen-bond donors (Lipinski definition) is 1. The van der Waals surface area contributed by atoms with Crippen LogP contribution in [0.5, 0.6) is 0 Å². The van der Waals surface area contributed by atoms with Crippen molar-refractivity contribution in [3.05, 3.63) is 40.1 Å². The van der Waals surface area contributed by atoms with E-state index in [0.29, 0.717) is 15.9 Å². The summed E-state index contributed by atoms with van der Waals surface area (Å²) in [5.74, 6) is 0.360. The van der Waals surface area contributed by atoms with Gasteiger partial charge in [0.15, 0.2) is 5.13 Å². The molecule has 118 valence electrons. The first-order valence-corrected chi connectivity index (χ1v) is 9.09. The van der Waals surface area contributed by atoms with Crippen LogP contribution in [0.4, 0.5) is 5.13 Å². The predicted molar refractivity (Wildman–Crippen MR) is 90.6 cm³/mol. The van der Waals surface area contributed by atoms with Gasteiger partial charge in [-0.2, -0.15) is 0 Å². The Morgan fingerprint density at radius 1 is 1.26 bits per heavy atom. The fourth-order valence-electron chi connectivity index (χ4n) is 2.42. The Bertz CT molecular complexity index is 832. The average molecular weight is 345 g/mol. The molecule has 23 heavy (non-hydrogen) atoms. The molecule has 0 radical (unpaired) electrons. The van der Waals surface area contributed by atoms with E-state index in [1.165, 1.54) is 41.9 Å². The Hall–Kier alpha value is -2.06. The molecule has 3 heterocycles. The lowest BCUT2D eigenvalue weighted by molar-refractivity contribution is 0.102. The molecule has 0 aromatic carbocycles. The van der Waals surface area contributed by atoms with E-state index in [4.69, 9.17) is 0 Å². The third-order valence-electron chi connectivity index (χ3n) is 3.93. The van der Waals surface area contributed by atoms with E-state index in [2.05, 4.69) is 20.5 Å². The molecular formula is C15H15N5OS2. The van der Waals surface area contributed by atoms with Crippen molar-refractivity contribution < 1.29 is 4.79 Å². The van der Waals surface area contributed by atoms with E-state index in [1.54, 1.807) is 0 Å². The highest BCUT2D eigenvalue weighted by molar-refractivity contribution is 7.17. The van der Waals surface area contributed by atoms with Crippen molar-refractivity contribution in [2.24, 2.45) is 0 Å². The topological polar surface area (TPSA) is 72.7 Å². The summed E-state index contributed by atoms with van der Waals surface area (Å²) in [4.78, 5) is 17.5. The Balaban J connectivity index is 1.51. The molecule has 1 fully saturated rings. The summed E-state index contributed by atoms with van der Waals surface area (Å²) < 4.78 is 1.90. The summed E-state index contributed by atoms with van der Waals surface area (Å²) >= 11 is 2.84. The molecule has 6 nitrogen and oxygen atoms in total. The van der Waals surface area contributed by atoms with Gasteiger partial charge in [0.2, 0.25) is 5.13 Å². The third-order valence-corrected chi connectivity index (χ3v) is 6.10. The Labute approximate surface area is 141 Å². The Kier molecular flexibility index (Phi) is 3.70. The van der Waals surface area contributed by atoms with Crippen LogP contribution >= 0.6 is 22.7 Å². The zero-order chi connectivity index (χ0) is 15.8. The number of hydrogen-bond acceptors (Lipinski definition) is 6. The van der Waals surface area contributed by atoms with Gasteiger partial charge in [0.25, 0.3) is 5.91 Å². The number of amides is 1. The smallest absolute Gasteiger partial charge is 0.269 e. The first kappa shape index (κ1) is 14.5. The molecule has 1 N–H and O–H groups in total. The van der Waals surface area contributed by atoms with E-state index in [1.807, 2.05) is 36.0 Å². The van der Waals surface area contributed by atoms with Gasteiger partial charge in [0.1, 0.15) is 9.88 Å². The number of rotatable bonds is 4. The molecule has 1 amide bonds. The molecule has 1 aliphatic carbocycles. The first-order valence-electron chi connectivity index (χ1n) is 7.46. The van der Waals surface area contributed by atoms with Gasteiger partial charge < -0.3 is 4.57 Å². The molecule has 0 atom stereocenters. The lowest BCUT2D eigenvalue weighted by Crippen LogP contribution is -2.11. The molecule has 0 unspecified atom stereocenters. The molecule has 3 aromatic heterocycles.